The van der Waals surface area contributed by atoms with Crippen molar-refractivity contribution in [1.29, 1.82) is 0 Å². The molecule has 0 saturated carbocycles. The molecule has 3 amide bonds. The van der Waals surface area contributed by atoms with E-state index in [1.54, 1.807) is 11.8 Å². The average molecular weight is 464 g/mol. The van der Waals surface area contributed by atoms with E-state index in [-0.39, 0.29) is 23.8 Å². The molecule has 2 fully saturated rings. The highest BCUT2D eigenvalue weighted by Gasteiger charge is 2.70. The van der Waals surface area contributed by atoms with Crippen LogP contribution in [0.5, 0.6) is 0 Å². The molecule has 3 aliphatic rings. The summed E-state index contributed by atoms with van der Waals surface area (Å²) in [6.07, 6.45) is 3.36. The maximum Gasteiger partial charge on any atom is 0.250 e. The number of carbonyl (C=O) groups excluding carboxylic acids is 3. The molecule has 3 aliphatic heterocycles. The largest absolute Gasteiger partial charge is 0.324 e. The van der Waals surface area contributed by atoms with Crippen molar-refractivity contribution in [3.8, 4) is 0 Å². The number of thioether (sulfide) groups is 1. The monoisotopic (exact) mass is 463 g/mol. The van der Waals surface area contributed by atoms with E-state index < -0.39 is 17.4 Å². The van der Waals surface area contributed by atoms with Crippen LogP contribution in [0.2, 0.25) is 0 Å². The van der Waals surface area contributed by atoms with Gasteiger partial charge in [0, 0.05) is 23.8 Å². The van der Waals surface area contributed by atoms with Gasteiger partial charge in [0.1, 0.15) is 5.54 Å². The number of nitrogens with one attached hydrogen (secondary N) is 2. The molecule has 3 heterocycles. The van der Waals surface area contributed by atoms with E-state index in [1.807, 2.05) is 62.6 Å². The number of nitrogens with zero attached hydrogens (tertiary/aromatic N) is 1. The second-order valence-corrected chi connectivity index (χ2v) is 10.3. The molecule has 1 spiro atoms. The molecule has 2 N–H and O–H groups in total. The van der Waals surface area contributed by atoms with Crippen LogP contribution in [0.4, 0.5) is 5.69 Å². The first-order chi connectivity index (χ1) is 15.9. The first-order valence-corrected chi connectivity index (χ1v) is 12.9. The van der Waals surface area contributed by atoms with E-state index in [9.17, 15) is 14.4 Å². The van der Waals surface area contributed by atoms with Crippen LogP contribution in [0.25, 0.3) is 0 Å². The van der Waals surface area contributed by atoms with Crippen molar-refractivity contribution in [1.82, 2.24) is 10.2 Å². The van der Waals surface area contributed by atoms with Crippen LogP contribution < -0.4 is 10.6 Å². The summed E-state index contributed by atoms with van der Waals surface area (Å²) in [5.41, 5.74) is 3.54. The molecule has 2 aromatic carbocycles. The Morgan fingerprint density at radius 2 is 1.79 bits per heavy atom. The molecule has 0 bridgehead atoms. The zero-order chi connectivity index (χ0) is 23.3. The third-order valence-electron chi connectivity index (χ3n) is 7.61. The number of fused-ring (bicyclic) bond motifs is 4. The lowest BCUT2D eigenvalue weighted by molar-refractivity contribution is -0.142. The Morgan fingerprint density at radius 3 is 2.52 bits per heavy atom. The van der Waals surface area contributed by atoms with Crippen LogP contribution in [-0.4, -0.2) is 47.2 Å². The van der Waals surface area contributed by atoms with Gasteiger partial charge < -0.3 is 5.32 Å². The van der Waals surface area contributed by atoms with Crippen LogP contribution in [0.1, 0.15) is 28.7 Å². The Balaban J connectivity index is 1.54. The summed E-state index contributed by atoms with van der Waals surface area (Å²) in [5, 5.41) is 6.57. The van der Waals surface area contributed by atoms with Gasteiger partial charge in [0.25, 0.3) is 0 Å². The molecular weight excluding hydrogens is 434 g/mol. The first kappa shape index (κ1) is 22.2. The van der Waals surface area contributed by atoms with Crippen molar-refractivity contribution in [3.63, 3.8) is 0 Å². The number of aryl methyl sites for hydroxylation is 1. The van der Waals surface area contributed by atoms with Crippen LogP contribution >= 0.6 is 11.8 Å². The summed E-state index contributed by atoms with van der Waals surface area (Å²) in [7, 11) is 0. The van der Waals surface area contributed by atoms with Gasteiger partial charge in [-0.25, -0.2) is 0 Å². The third-order valence-corrected chi connectivity index (χ3v) is 8.26. The number of hydrogen-bond acceptors (Lipinski definition) is 5. The van der Waals surface area contributed by atoms with Crippen LogP contribution in [0.15, 0.2) is 42.5 Å². The molecule has 6 nitrogen and oxygen atoms in total. The molecule has 33 heavy (non-hydrogen) atoms. The summed E-state index contributed by atoms with van der Waals surface area (Å²) in [6, 6.07) is 13.6. The number of anilines is 1. The quantitative estimate of drug-likeness (QED) is 0.644. The first-order valence-electron chi connectivity index (χ1n) is 11.5. The van der Waals surface area contributed by atoms with Gasteiger partial charge >= 0.3 is 0 Å². The summed E-state index contributed by atoms with van der Waals surface area (Å²) < 4.78 is 0. The smallest absolute Gasteiger partial charge is 0.250 e. The Labute approximate surface area is 198 Å². The topological polar surface area (TPSA) is 78.5 Å². The van der Waals surface area contributed by atoms with Gasteiger partial charge in [0.15, 0.2) is 0 Å². The normalized spacial score (nSPS) is 27.9. The predicted octanol–water partition coefficient (Wildman–Crippen LogP) is 3.02. The summed E-state index contributed by atoms with van der Waals surface area (Å²) >= 11 is 1.70. The number of carbonyl (C=O) groups is 3. The van der Waals surface area contributed by atoms with Crippen molar-refractivity contribution < 1.29 is 14.4 Å². The standard InChI is InChI=1S/C26H29N3O3S/c1-15-9-10-18-22(16(15)2)27-25(32)26(18)21-20(19(28-26)12-14-33-3)23(30)29(24(21)31)13-11-17-7-5-4-6-8-17/h4-10,19-21,28H,11-14H2,1-3H3,(H,27,32)/t19-,20-,21+,26+/m1/s1. The number of rotatable bonds is 6. The molecule has 2 saturated heterocycles. The molecule has 4 atom stereocenters. The Hall–Kier alpha value is -2.64. The van der Waals surface area contributed by atoms with Crippen LogP contribution in [0, 0.1) is 25.7 Å². The maximum absolute atomic E-state index is 13.8. The zero-order valence-electron chi connectivity index (χ0n) is 19.2. The van der Waals surface area contributed by atoms with Gasteiger partial charge in [-0.1, -0.05) is 42.5 Å². The lowest BCUT2D eigenvalue weighted by Gasteiger charge is -2.29. The van der Waals surface area contributed by atoms with Crippen molar-refractivity contribution >= 4 is 35.2 Å². The fourth-order valence-electron chi connectivity index (χ4n) is 5.78. The van der Waals surface area contributed by atoms with Gasteiger partial charge in [0.05, 0.1) is 11.8 Å². The number of imide groups is 1. The predicted molar refractivity (Wildman–Crippen MR) is 130 cm³/mol. The molecule has 2 aromatic rings. The molecule has 0 aliphatic carbocycles. The maximum atomic E-state index is 13.8. The van der Waals surface area contributed by atoms with E-state index in [0.717, 1.165) is 40.1 Å². The lowest BCUT2D eigenvalue weighted by atomic mass is 9.76. The number of likely N-dealkylation sites (tertiary alicyclic amines) is 1. The average Bonchev–Trinajstić information content (AvgIpc) is 3.39. The van der Waals surface area contributed by atoms with Gasteiger partial charge in [-0.05, 0) is 55.4 Å². The van der Waals surface area contributed by atoms with Gasteiger partial charge in [-0.3, -0.25) is 24.6 Å². The number of hydrogen-bond donors (Lipinski definition) is 2. The van der Waals surface area contributed by atoms with E-state index >= 15 is 0 Å². The van der Waals surface area contributed by atoms with E-state index in [0.29, 0.717) is 13.0 Å². The summed E-state index contributed by atoms with van der Waals surface area (Å²) in [4.78, 5) is 42.3. The Kier molecular flexibility index (Phi) is 5.57. The minimum atomic E-state index is -1.20. The fourth-order valence-corrected chi connectivity index (χ4v) is 6.27. The fraction of sp³-hybridized carbons (Fsp3) is 0.423. The minimum absolute atomic E-state index is 0.151. The molecule has 0 radical (unpaired) electrons. The van der Waals surface area contributed by atoms with E-state index in [1.165, 1.54) is 4.90 Å². The van der Waals surface area contributed by atoms with Crippen molar-refractivity contribution in [2.75, 3.05) is 23.9 Å². The van der Waals surface area contributed by atoms with Gasteiger partial charge in [-0.2, -0.15) is 11.8 Å². The minimum Gasteiger partial charge on any atom is -0.324 e. The van der Waals surface area contributed by atoms with Crippen LogP contribution in [-0.2, 0) is 26.3 Å². The molecular formula is C26H29N3O3S. The molecule has 0 unspecified atom stereocenters. The highest BCUT2D eigenvalue weighted by molar-refractivity contribution is 7.98. The van der Waals surface area contributed by atoms with E-state index in [2.05, 4.69) is 10.6 Å². The highest BCUT2D eigenvalue weighted by atomic mass is 32.2. The zero-order valence-corrected chi connectivity index (χ0v) is 20.0. The Morgan fingerprint density at radius 1 is 1.03 bits per heavy atom. The summed E-state index contributed by atoms with van der Waals surface area (Å²) in [6.45, 7) is 4.33. The van der Waals surface area contributed by atoms with Crippen LogP contribution in [0.3, 0.4) is 0 Å². The van der Waals surface area contributed by atoms with Crippen molar-refractivity contribution in [3.05, 3.63) is 64.7 Å². The Bertz CT molecular complexity index is 1140. The van der Waals surface area contributed by atoms with Crippen molar-refractivity contribution in [2.24, 2.45) is 11.8 Å². The van der Waals surface area contributed by atoms with Crippen molar-refractivity contribution in [2.45, 2.75) is 38.3 Å². The van der Waals surface area contributed by atoms with Gasteiger partial charge in [0.2, 0.25) is 17.7 Å². The van der Waals surface area contributed by atoms with Gasteiger partial charge in [-0.15, -0.1) is 0 Å². The highest BCUT2D eigenvalue weighted by Crippen LogP contribution is 2.54. The SMILES string of the molecule is CSCC[C@H]1N[C@]2(C(=O)Nc3c2ccc(C)c3C)[C@@H]2C(=O)N(CCc3ccccc3)C(=O)[C@@H]21. The molecule has 5 rings (SSSR count). The number of amides is 3. The number of benzene rings is 2. The van der Waals surface area contributed by atoms with E-state index in [4.69, 9.17) is 0 Å². The molecule has 172 valence electrons. The second-order valence-electron chi connectivity index (χ2n) is 9.29. The second kappa shape index (κ2) is 8.29. The lowest BCUT2D eigenvalue weighted by Crippen LogP contribution is -2.53. The summed E-state index contributed by atoms with van der Waals surface area (Å²) in [5.74, 6) is -1.01. The third kappa shape index (κ3) is 3.24. The molecule has 0 aromatic heterocycles. The molecule has 7 heteroatoms.